The van der Waals surface area contributed by atoms with Crippen molar-refractivity contribution in [3.63, 3.8) is 0 Å². The van der Waals surface area contributed by atoms with Gasteiger partial charge in [-0.15, -0.1) is 0 Å². The van der Waals surface area contributed by atoms with E-state index in [4.69, 9.17) is 9.84 Å². The van der Waals surface area contributed by atoms with Crippen LogP contribution in [-0.4, -0.2) is 54.4 Å². The number of carbonyl (C=O) groups is 2. The van der Waals surface area contributed by atoms with Gasteiger partial charge >= 0.3 is 12.0 Å². The first-order chi connectivity index (χ1) is 8.47. The highest BCUT2D eigenvalue weighted by Gasteiger charge is 2.31. The Balaban J connectivity index is 2.54. The van der Waals surface area contributed by atoms with E-state index in [2.05, 4.69) is 5.32 Å². The molecule has 1 aliphatic carbocycles. The topological polar surface area (TPSA) is 78.9 Å². The van der Waals surface area contributed by atoms with Crippen LogP contribution in [0.3, 0.4) is 0 Å². The van der Waals surface area contributed by atoms with E-state index in [0.29, 0.717) is 6.61 Å². The lowest BCUT2D eigenvalue weighted by Crippen LogP contribution is -2.52. The number of carbonyl (C=O) groups excluding carboxylic acids is 1. The second kappa shape index (κ2) is 6.58. The predicted octanol–water partition coefficient (Wildman–Crippen LogP) is 1.06. The molecule has 0 heterocycles. The van der Waals surface area contributed by atoms with Crippen LogP contribution in [0.25, 0.3) is 0 Å². The van der Waals surface area contributed by atoms with Crippen LogP contribution >= 0.6 is 0 Å². The molecule has 2 amide bonds. The van der Waals surface area contributed by atoms with E-state index in [-0.39, 0.29) is 24.7 Å². The molecule has 0 atom stereocenters. The van der Waals surface area contributed by atoms with Crippen molar-refractivity contribution in [2.24, 2.45) is 0 Å². The number of ether oxygens (including phenoxy) is 1. The zero-order valence-electron chi connectivity index (χ0n) is 11.1. The summed E-state index contributed by atoms with van der Waals surface area (Å²) in [6.45, 7) is 2.32. The first-order valence-corrected chi connectivity index (χ1v) is 6.25. The molecule has 0 aromatic rings. The Morgan fingerprint density at radius 2 is 2.00 bits per heavy atom. The van der Waals surface area contributed by atoms with Crippen molar-refractivity contribution >= 4 is 12.0 Å². The van der Waals surface area contributed by atoms with Crippen molar-refractivity contribution < 1.29 is 19.4 Å². The molecular formula is C12H22N2O4. The fourth-order valence-corrected chi connectivity index (χ4v) is 2.23. The lowest BCUT2D eigenvalue weighted by Gasteiger charge is -2.29. The summed E-state index contributed by atoms with van der Waals surface area (Å²) in [6, 6.07) is -0.321. The molecule has 1 saturated carbocycles. The first-order valence-electron chi connectivity index (χ1n) is 6.25. The van der Waals surface area contributed by atoms with Crippen molar-refractivity contribution in [3.8, 4) is 0 Å². The van der Waals surface area contributed by atoms with Gasteiger partial charge < -0.3 is 20.1 Å². The maximum absolute atomic E-state index is 12.0. The molecule has 2 N–H and O–H groups in total. The molecule has 0 unspecified atom stereocenters. The van der Waals surface area contributed by atoms with Gasteiger partial charge in [0.15, 0.2) is 0 Å². The lowest BCUT2D eigenvalue weighted by molar-refractivity contribution is -0.137. The molecule has 0 aliphatic heterocycles. The smallest absolute Gasteiger partial charge is 0.323 e. The Hall–Kier alpha value is -1.30. The minimum atomic E-state index is -1.02. The molecule has 0 radical (unpaired) electrons. The van der Waals surface area contributed by atoms with Gasteiger partial charge in [0.05, 0.1) is 6.61 Å². The Kier molecular flexibility index (Phi) is 5.40. The molecule has 0 aromatic carbocycles. The number of amides is 2. The Morgan fingerprint density at radius 1 is 1.39 bits per heavy atom. The summed E-state index contributed by atoms with van der Waals surface area (Å²) < 4.78 is 4.88. The summed E-state index contributed by atoms with van der Waals surface area (Å²) in [5.74, 6) is -1.02. The van der Waals surface area contributed by atoms with Crippen LogP contribution in [0.15, 0.2) is 0 Å². The van der Waals surface area contributed by atoms with Crippen molar-refractivity contribution in [1.82, 2.24) is 10.2 Å². The number of hydrogen-bond acceptors (Lipinski definition) is 3. The Labute approximate surface area is 107 Å². The van der Waals surface area contributed by atoms with Crippen LogP contribution in [0.2, 0.25) is 0 Å². The van der Waals surface area contributed by atoms with Gasteiger partial charge in [0, 0.05) is 19.2 Å². The molecule has 18 heavy (non-hydrogen) atoms. The summed E-state index contributed by atoms with van der Waals surface area (Å²) in [4.78, 5) is 24.0. The third kappa shape index (κ3) is 4.52. The van der Waals surface area contributed by atoms with E-state index in [1.54, 1.807) is 0 Å². The van der Waals surface area contributed by atoms with Crippen molar-refractivity contribution in [2.45, 2.75) is 38.1 Å². The molecule has 1 fully saturated rings. The molecule has 104 valence electrons. The molecule has 0 bridgehead atoms. The van der Waals surface area contributed by atoms with E-state index >= 15 is 0 Å². The average molecular weight is 258 g/mol. The van der Waals surface area contributed by atoms with Gasteiger partial charge in [0.1, 0.15) is 6.54 Å². The van der Waals surface area contributed by atoms with Crippen molar-refractivity contribution in [3.05, 3.63) is 0 Å². The fourth-order valence-electron chi connectivity index (χ4n) is 2.23. The standard InChI is InChI=1S/C12H22N2O4/c1-12(5-3-4-6-12)13-11(17)14(7-8-18-2)9-10(15)16/h3-9H2,1-2H3,(H,13,17)(H,15,16). The quantitative estimate of drug-likeness (QED) is 0.746. The van der Waals surface area contributed by atoms with E-state index in [9.17, 15) is 9.59 Å². The van der Waals surface area contributed by atoms with E-state index in [0.717, 1.165) is 25.7 Å². The fraction of sp³-hybridized carbons (Fsp3) is 0.833. The number of carboxylic acids is 1. The van der Waals surface area contributed by atoms with Gasteiger partial charge in [0.2, 0.25) is 0 Å². The maximum atomic E-state index is 12.0. The monoisotopic (exact) mass is 258 g/mol. The number of nitrogens with zero attached hydrogens (tertiary/aromatic N) is 1. The van der Waals surface area contributed by atoms with Gasteiger partial charge in [-0.1, -0.05) is 12.8 Å². The van der Waals surface area contributed by atoms with Crippen LogP contribution in [0, 0.1) is 0 Å². The second-order valence-corrected chi connectivity index (χ2v) is 5.01. The number of carboxylic acid groups (broad SMARTS) is 1. The minimum Gasteiger partial charge on any atom is -0.480 e. The van der Waals surface area contributed by atoms with Gasteiger partial charge in [0.25, 0.3) is 0 Å². The summed E-state index contributed by atoms with van der Waals surface area (Å²) in [5, 5.41) is 11.7. The summed E-state index contributed by atoms with van der Waals surface area (Å²) in [5.41, 5.74) is -0.194. The second-order valence-electron chi connectivity index (χ2n) is 5.01. The number of nitrogens with one attached hydrogen (secondary N) is 1. The lowest BCUT2D eigenvalue weighted by atomic mass is 10.0. The van der Waals surface area contributed by atoms with Crippen LogP contribution in [0.5, 0.6) is 0 Å². The molecule has 0 spiro atoms. The zero-order valence-corrected chi connectivity index (χ0v) is 11.1. The molecule has 1 aliphatic rings. The van der Waals surface area contributed by atoms with E-state index in [1.165, 1.54) is 12.0 Å². The van der Waals surface area contributed by atoms with Gasteiger partial charge in [-0.3, -0.25) is 4.79 Å². The summed E-state index contributed by atoms with van der Waals surface area (Å²) in [7, 11) is 1.52. The van der Waals surface area contributed by atoms with Crippen LogP contribution in [-0.2, 0) is 9.53 Å². The number of urea groups is 1. The minimum absolute atomic E-state index is 0.194. The van der Waals surface area contributed by atoms with Crippen LogP contribution in [0.1, 0.15) is 32.6 Å². The maximum Gasteiger partial charge on any atom is 0.323 e. The number of hydrogen-bond donors (Lipinski definition) is 2. The molecule has 6 nitrogen and oxygen atoms in total. The van der Waals surface area contributed by atoms with E-state index in [1.807, 2.05) is 6.92 Å². The van der Waals surface area contributed by atoms with Crippen LogP contribution in [0.4, 0.5) is 4.79 Å². The van der Waals surface area contributed by atoms with Gasteiger partial charge in [-0.2, -0.15) is 0 Å². The highest BCUT2D eigenvalue weighted by Crippen LogP contribution is 2.28. The predicted molar refractivity (Wildman–Crippen MR) is 66.5 cm³/mol. The molecular weight excluding hydrogens is 236 g/mol. The Morgan fingerprint density at radius 3 is 2.50 bits per heavy atom. The highest BCUT2D eigenvalue weighted by molar-refractivity contribution is 5.80. The molecule has 1 rings (SSSR count). The van der Waals surface area contributed by atoms with E-state index < -0.39 is 5.97 Å². The number of aliphatic carboxylic acids is 1. The summed E-state index contributed by atoms with van der Waals surface area (Å²) in [6.07, 6.45) is 4.11. The van der Waals surface area contributed by atoms with Crippen molar-refractivity contribution in [2.75, 3.05) is 26.8 Å². The molecule has 6 heteroatoms. The Bertz CT molecular complexity index is 300. The van der Waals surface area contributed by atoms with Gasteiger partial charge in [-0.25, -0.2) is 4.79 Å². The number of rotatable bonds is 6. The SMILES string of the molecule is COCCN(CC(=O)O)C(=O)NC1(C)CCCC1. The average Bonchev–Trinajstić information content (AvgIpc) is 2.70. The first kappa shape index (κ1) is 14.8. The highest BCUT2D eigenvalue weighted by atomic mass is 16.5. The third-order valence-electron chi connectivity index (χ3n) is 3.29. The third-order valence-corrected chi connectivity index (χ3v) is 3.29. The van der Waals surface area contributed by atoms with Crippen LogP contribution < -0.4 is 5.32 Å². The number of methoxy groups -OCH3 is 1. The van der Waals surface area contributed by atoms with Crippen molar-refractivity contribution in [1.29, 1.82) is 0 Å². The van der Waals surface area contributed by atoms with Gasteiger partial charge in [-0.05, 0) is 19.8 Å². The summed E-state index contributed by atoms with van der Waals surface area (Å²) >= 11 is 0. The normalized spacial score (nSPS) is 17.4. The largest absolute Gasteiger partial charge is 0.480 e. The molecule has 0 aromatic heterocycles. The molecule has 0 saturated heterocycles. The zero-order chi connectivity index (χ0) is 13.6.